The first-order chi connectivity index (χ1) is 7.20. The molecule has 0 bridgehead atoms. The van der Waals surface area contributed by atoms with E-state index in [0.717, 1.165) is 28.9 Å². The van der Waals surface area contributed by atoms with E-state index in [9.17, 15) is 5.11 Å². The minimum Gasteiger partial charge on any atom is -0.388 e. The van der Waals surface area contributed by atoms with Gasteiger partial charge in [-0.3, -0.25) is 0 Å². The van der Waals surface area contributed by atoms with Gasteiger partial charge < -0.3 is 10.4 Å². The molecule has 2 nitrogen and oxygen atoms in total. The topological polar surface area (TPSA) is 32.3 Å². The fourth-order valence-corrected chi connectivity index (χ4v) is 4.35. The van der Waals surface area contributed by atoms with Crippen molar-refractivity contribution in [2.24, 2.45) is 0 Å². The molecule has 0 radical (unpaired) electrons. The van der Waals surface area contributed by atoms with Crippen molar-refractivity contribution in [3.05, 3.63) is 20.8 Å². The normalized spacial score (nSPS) is 26.0. The molecule has 0 aromatic carbocycles. The van der Waals surface area contributed by atoms with E-state index >= 15 is 0 Å². The average molecular weight is 308 g/mol. The van der Waals surface area contributed by atoms with Crippen LogP contribution in [-0.4, -0.2) is 28.8 Å². The van der Waals surface area contributed by atoms with Gasteiger partial charge >= 0.3 is 0 Å². The summed E-state index contributed by atoms with van der Waals surface area (Å²) in [5.74, 6) is 1.95. The SMILES string of the molecule is OC1(CNCc2sccc2Br)CCSC1. The lowest BCUT2D eigenvalue weighted by atomic mass is 10.0. The van der Waals surface area contributed by atoms with Crippen molar-refractivity contribution in [3.63, 3.8) is 0 Å². The number of rotatable bonds is 4. The molecule has 1 aromatic rings. The summed E-state index contributed by atoms with van der Waals surface area (Å²) in [6.07, 6.45) is 0.913. The van der Waals surface area contributed by atoms with Crippen molar-refractivity contribution in [2.45, 2.75) is 18.6 Å². The number of nitrogens with one attached hydrogen (secondary N) is 1. The standard InChI is InChI=1S/C10H14BrNOS2/c11-8-1-3-15-9(8)5-12-6-10(13)2-4-14-7-10/h1,3,12-13H,2,4-7H2. The molecular formula is C10H14BrNOS2. The van der Waals surface area contributed by atoms with E-state index in [-0.39, 0.29) is 0 Å². The van der Waals surface area contributed by atoms with E-state index in [2.05, 4.69) is 32.7 Å². The van der Waals surface area contributed by atoms with Gasteiger partial charge in [-0.15, -0.1) is 11.3 Å². The molecule has 2 heterocycles. The molecule has 1 fully saturated rings. The number of aliphatic hydroxyl groups is 1. The van der Waals surface area contributed by atoms with E-state index < -0.39 is 5.60 Å². The van der Waals surface area contributed by atoms with Gasteiger partial charge in [-0.25, -0.2) is 0 Å². The second-order valence-corrected chi connectivity index (χ2v) is 6.78. The second kappa shape index (κ2) is 5.19. The Labute approximate surface area is 107 Å². The zero-order valence-electron chi connectivity index (χ0n) is 8.33. The van der Waals surface area contributed by atoms with Crippen molar-refractivity contribution in [1.29, 1.82) is 0 Å². The van der Waals surface area contributed by atoms with Crippen molar-refractivity contribution in [3.8, 4) is 0 Å². The minimum absolute atomic E-state index is 0.478. The molecule has 0 amide bonds. The van der Waals surface area contributed by atoms with Crippen LogP contribution in [0.5, 0.6) is 0 Å². The highest BCUT2D eigenvalue weighted by atomic mass is 79.9. The Bertz CT molecular complexity index is 323. The molecule has 1 aromatic heterocycles. The number of hydrogen-bond donors (Lipinski definition) is 2. The highest BCUT2D eigenvalue weighted by molar-refractivity contribution is 9.10. The van der Waals surface area contributed by atoms with E-state index in [0.29, 0.717) is 6.54 Å². The molecule has 0 spiro atoms. The summed E-state index contributed by atoms with van der Waals surface area (Å²) < 4.78 is 1.16. The molecule has 2 N–H and O–H groups in total. The van der Waals surface area contributed by atoms with E-state index in [1.807, 2.05) is 11.8 Å². The monoisotopic (exact) mass is 307 g/mol. The van der Waals surface area contributed by atoms with Crippen LogP contribution in [-0.2, 0) is 6.54 Å². The Morgan fingerprint density at radius 2 is 2.47 bits per heavy atom. The summed E-state index contributed by atoms with van der Waals surface area (Å²) in [7, 11) is 0. The predicted octanol–water partition coefficient (Wildman–Crippen LogP) is 2.47. The Balaban J connectivity index is 1.77. The third-order valence-electron chi connectivity index (χ3n) is 2.51. The van der Waals surface area contributed by atoms with Gasteiger partial charge in [-0.1, -0.05) is 0 Å². The van der Waals surface area contributed by atoms with Gasteiger partial charge in [0.2, 0.25) is 0 Å². The summed E-state index contributed by atoms with van der Waals surface area (Å²) in [6, 6.07) is 2.06. The lowest BCUT2D eigenvalue weighted by Crippen LogP contribution is -2.40. The van der Waals surface area contributed by atoms with Crippen LogP contribution in [0.2, 0.25) is 0 Å². The molecule has 15 heavy (non-hydrogen) atoms. The molecule has 0 aliphatic carbocycles. The fourth-order valence-electron chi connectivity index (χ4n) is 1.60. The molecule has 1 unspecified atom stereocenters. The van der Waals surface area contributed by atoms with Gasteiger partial charge in [-0.05, 0) is 39.6 Å². The van der Waals surface area contributed by atoms with Crippen LogP contribution in [0.4, 0.5) is 0 Å². The highest BCUT2D eigenvalue weighted by Gasteiger charge is 2.30. The zero-order valence-corrected chi connectivity index (χ0v) is 11.6. The van der Waals surface area contributed by atoms with Crippen LogP contribution in [0.1, 0.15) is 11.3 Å². The Kier molecular flexibility index (Phi) is 4.12. The first-order valence-corrected chi connectivity index (χ1v) is 7.75. The Morgan fingerprint density at radius 1 is 1.60 bits per heavy atom. The maximum atomic E-state index is 10.1. The minimum atomic E-state index is -0.478. The third-order valence-corrected chi connectivity index (χ3v) is 5.67. The van der Waals surface area contributed by atoms with E-state index in [4.69, 9.17) is 0 Å². The molecule has 84 valence electrons. The maximum Gasteiger partial charge on any atom is 0.0869 e. The van der Waals surface area contributed by atoms with Gasteiger partial charge in [-0.2, -0.15) is 11.8 Å². The lowest BCUT2D eigenvalue weighted by molar-refractivity contribution is 0.0675. The molecule has 1 aliphatic heterocycles. The summed E-state index contributed by atoms with van der Waals surface area (Å²) in [4.78, 5) is 1.30. The fraction of sp³-hybridized carbons (Fsp3) is 0.600. The van der Waals surface area contributed by atoms with Gasteiger partial charge in [0.1, 0.15) is 0 Å². The van der Waals surface area contributed by atoms with Crippen LogP contribution in [0, 0.1) is 0 Å². The maximum absolute atomic E-state index is 10.1. The average Bonchev–Trinajstić information content (AvgIpc) is 2.78. The van der Waals surface area contributed by atoms with Crippen molar-refractivity contribution in [2.75, 3.05) is 18.1 Å². The molecule has 1 saturated heterocycles. The number of thioether (sulfide) groups is 1. The number of halogens is 1. The van der Waals surface area contributed by atoms with Crippen molar-refractivity contribution < 1.29 is 5.11 Å². The third kappa shape index (κ3) is 3.20. The molecule has 5 heteroatoms. The molecule has 2 rings (SSSR count). The molecular weight excluding hydrogens is 294 g/mol. The second-order valence-electron chi connectivity index (χ2n) is 3.82. The quantitative estimate of drug-likeness (QED) is 0.896. The van der Waals surface area contributed by atoms with E-state index in [1.165, 1.54) is 4.88 Å². The summed E-state index contributed by atoms with van der Waals surface area (Å²) in [5.41, 5.74) is -0.478. The van der Waals surface area contributed by atoms with Crippen LogP contribution >= 0.6 is 39.0 Å². The van der Waals surface area contributed by atoms with Gasteiger partial charge in [0, 0.05) is 28.2 Å². The van der Waals surface area contributed by atoms with Gasteiger partial charge in [0.15, 0.2) is 0 Å². The molecule has 1 atom stereocenters. The van der Waals surface area contributed by atoms with Crippen LogP contribution in [0.3, 0.4) is 0 Å². The zero-order chi connectivity index (χ0) is 10.7. The summed E-state index contributed by atoms with van der Waals surface area (Å²) in [5, 5.41) is 15.5. The largest absolute Gasteiger partial charge is 0.388 e. The smallest absolute Gasteiger partial charge is 0.0869 e. The van der Waals surface area contributed by atoms with Crippen LogP contribution in [0.15, 0.2) is 15.9 Å². The van der Waals surface area contributed by atoms with Gasteiger partial charge in [0.25, 0.3) is 0 Å². The van der Waals surface area contributed by atoms with E-state index in [1.54, 1.807) is 11.3 Å². The molecule has 0 saturated carbocycles. The number of hydrogen-bond acceptors (Lipinski definition) is 4. The van der Waals surface area contributed by atoms with Crippen molar-refractivity contribution >= 4 is 39.0 Å². The number of thiophene rings is 1. The first kappa shape index (κ1) is 11.9. The Morgan fingerprint density at radius 3 is 3.07 bits per heavy atom. The highest BCUT2D eigenvalue weighted by Crippen LogP contribution is 2.27. The lowest BCUT2D eigenvalue weighted by Gasteiger charge is -2.21. The van der Waals surface area contributed by atoms with Crippen molar-refractivity contribution in [1.82, 2.24) is 5.32 Å². The Hall–Kier alpha value is 0.450. The molecule has 1 aliphatic rings. The van der Waals surface area contributed by atoms with Crippen LogP contribution < -0.4 is 5.32 Å². The summed E-state index contributed by atoms with van der Waals surface area (Å²) in [6.45, 7) is 1.54. The van der Waals surface area contributed by atoms with Gasteiger partial charge in [0.05, 0.1) is 5.60 Å². The van der Waals surface area contributed by atoms with Crippen LogP contribution in [0.25, 0.3) is 0 Å². The predicted molar refractivity (Wildman–Crippen MR) is 70.6 cm³/mol. The first-order valence-electron chi connectivity index (χ1n) is 4.92. The summed E-state index contributed by atoms with van der Waals surface area (Å²) >= 11 is 7.07.